The maximum absolute atomic E-state index is 12.7. The predicted octanol–water partition coefficient (Wildman–Crippen LogP) is 2.26. The molecule has 0 aliphatic carbocycles. The molecule has 1 atom stereocenters. The van der Waals surface area contributed by atoms with Crippen LogP contribution in [0.1, 0.15) is 15.9 Å². The highest BCUT2D eigenvalue weighted by molar-refractivity contribution is 5.95. The Morgan fingerprint density at radius 1 is 1.28 bits per heavy atom. The summed E-state index contributed by atoms with van der Waals surface area (Å²) < 4.78 is 5.76. The second kappa shape index (κ2) is 7.31. The third kappa shape index (κ3) is 3.95. The summed E-state index contributed by atoms with van der Waals surface area (Å²) in [5, 5.41) is 11.0. The Bertz CT molecular complexity index is 779. The van der Waals surface area contributed by atoms with E-state index in [-0.39, 0.29) is 28.9 Å². The summed E-state index contributed by atoms with van der Waals surface area (Å²) in [5.74, 6) is -0.246. The van der Waals surface area contributed by atoms with E-state index in [1.165, 1.54) is 18.2 Å². The van der Waals surface area contributed by atoms with Crippen LogP contribution in [0.4, 0.5) is 11.4 Å². The first-order valence-electron chi connectivity index (χ1n) is 8.03. The molecule has 1 aliphatic heterocycles. The summed E-state index contributed by atoms with van der Waals surface area (Å²) in [6, 6.07) is 14.1. The number of ether oxygens (including phenoxy) is 1. The number of amides is 1. The normalized spacial score (nSPS) is 17.3. The van der Waals surface area contributed by atoms with Crippen molar-refractivity contribution in [3.8, 4) is 0 Å². The van der Waals surface area contributed by atoms with Crippen LogP contribution in [0.15, 0.2) is 48.5 Å². The molecular weight excluding hydrogens is 322 g/mol. The lowest BCUT2D eigenvalue weighted by atomic mass is 10.1. The van der Waals surface area contributed by atoms with Crippen molar-refractivity contribution in [3.63, 3.8) is 0 Å². The van der Waals surface area contributed by atoms with Crippen molar-refractivity contribution in [1.82, 2.24) is 4.90 Å². The van der Waals surface area contributed by atoms with Crippen molar-refractivity contribution < 1.29 is 14.5 Å². The van der Waals surface area contributed by atoms with Crippen molar-refractivity contribution in [3.05, 3.63) is 69.8 Å². The Balaban J connectivity index is 1.72. The van der Waals surface area contributed by atoms with Crippen LogP contribution in [0.2, 0.25) is 0 Å². The number of benzene rings is 2. The number of nitrogens with zero attached hydrogens (tertiary/aromatic N) is 2. The number of nitrogens with two attached hydrogens (primary N) is 1. The predicted molar refractivity (Wildman–Crippen MR) is 93.3 cm³/mol. The number of morpholine rings is 1. The molecule has 0 unspecified atom stereocenters. The van der Waals surface area contributed by atoms with Gasteiger partial charge in [0.15, 0.2) is 0 Å². The molecule has 2 aromatic rings. The largest absolute Gasteiger partial charge is 0.393 e. The van der Waals surface area contributed by atoms with Gasteiger partial charge >= 0.3 is 0 Å². The lowest BCUT2D eigenvalue weighted by Gasteiger charge is -2.33. The van der Waals surface area contributed by atoms with Crippen LogP contribution in [0.3, 0.4) is 0 Å². The van der Waals surface area contributed by atoms with E-state index in [9.17, 15) is 14.9 Å². The molecule has 1 aliphatic rings. The molecular formula is C18H19N3O4. The maximum Gasteiger partial charge on any atom is 0.292 e. The number of nitro groups is 1. The van der Waals surface area contributed by atoms with Gasteiger partial charge in [0, 0.05) is 31.1 Å². The van der Waals surface area contributed by atoms with E-state index in [1.54, 1.807) is 4.90 Å². The van der Waals surface area contributed by atoms with Gasteiger partial charge in [0.2, 0.25) is 0 Å². The zero-order valence-corrected chi connectivity index (χ0v) is 13.6. The van der Waals surface area contributed by atoms with Gasteiger partial charge in [0.1, 0.15) is 5.69 Å². The third-order valence-electron chi connectivity index (χ3n) is 4.21. The Kier molecular flexibility index (Phi) is 4.95. The van der Waals surface area contributed by atoms with Crippen molar-refractivity contribution in [1.29, 1.82) is 0 Å². The minimum atomic E-state index is -0.580. The van der Waals surface area contributed by atoms with Crippen LogP contribution in [0, 0.1) is 10.1 Å². The van der Waals surface area contributed by atoms with Crippen molar-refractivity contribution >= 4 is 17.3 Å². The third-order valence-corrected chi connectivity index (χ3v) is 4.21. The number of nitro benzene ring substituents is 1. The van der Waals surface area contributed by atoms with E-state index in [0.717, 1.165) is 5.56 Å². The van der Waals surface area contributed by atoms with E-state index in [1.807, 2.05) is 30.3 Å². The Morgan fingerprint density at radius 2 is 2.04 bits per heavy atom. The zero-order chi connectivity index (χ0) is 17.8. The van der Waals surface area contributed by atoms with Gasteiger partial charge in [-0.1, -0.05) is 30.3 Å². The molecule has 1 heterocycles. The molecule has 1 saturated heterocycles. The fourth-order valence-electron chi connectivity index (χ4n) is 2.92. The quantitative estimate of drug-likeness (QED) is 0.522. The van der Waals surface area contributed by atoms with Gasteiger partial charge in [-0.3, -0.25) is 14.9 Å². The molecule has 0 radical (unpaired) electrons. The van der Waals surface area contributed by atoms with Gasteiger partial charge in [-0.25, -0.2) is 0 Å². The lowest BCUT2D eigenvalue weighted by molar-refractivity contribution is -0.383. The van der Waals surface area contributed by atoms with Crippen LogP contribution in [-0.2, 0) is 11.2 Å². The minimum absolute atomic E-state index is 0.0467. The van der Waals surface area contributed by atoms with Crippen molar-refractivity contribution in [2.24, 2.45) is 0 Å². The number of nitrogen functional groups attached to an aromatic ring is 1. The fraction of sp³-hybridized carbons (Fsp3) is 0.278. The molecule has 2 N–H and O–H groups in total. The van der Waals surface area contributed by atoms with Crippen LogP contribution >= 0.6 is 0 Å². The second-order valence-electron chi connectivity index (χ2n) is 5.96. The maximum atomic E-state index is 12.7. The second-order valence-corrected chi connectivity index (χ2v) is 5.96. The van der Waals surface area contributed by atoms with E-state index in [2.05, 4.69) is 0 Å². The number of hydrogen-bond donors (Lipinski definition) is 1. The average Bonchev–Trinajstić information content (AvgIpc) is 2.62. The molecule has 0 aromatic heterocycles. The molecule has 7 heteroatoms. The Hall–Kier alpha value is -2.93. The fourth-order valence-corrected chi connectivity index (χ4v) is 2.92. The highest BCUT2D eigenvalue weighted by atomic mass is 16.6. The van der Waals surface area contributed by atoms with Gasteiger partial charge in [-0.05, 0) is 17.7 Å². The number of rotatable bonds is 4. The first-order valence-corrected chi connectivity index (χ1v) is 8.03. The van der Waals surface area contributed by atoms with Gasteiger partial charge in [-0.15, -0.1) is 0 Å². The number of carbonyl (C=O) groups excluding carboxylic acids is 1. The van der Waals surface area contributed by atoms with Crippen molar-refractivity contribution in [2.45, 2.75) is 12.5 Å². The molecule has 130 valence electrons. The topological polar surface area (TPSA) is 98.7 Å². The SMILES string of the molecule is Nc1ccc(C(=O)N2CCO[C@H](Cc3ccccc3)C2)cc1[N+](=O)[O-]. The first-order chi connectivity index (χ1) is 12.0. The summed E-state index contributed by atoms with van der Waals surface area (Å²) >= 11 is 0. The Labute approximate surface area is 145 Å². The summed E-state index contributed by atoms with van der Waals surface area (Å²) in [7, 11) is 0. The highest BCUT2D eigenvalue weighted by Crippen LogP contribution is 2.24. The molecule has 0 spiro atoms. The van der Waals surface area contributed by atoms with Crippen LogP contribution in [0.25, 0.3) is 0 Å². The van der Waals surface area contributed by atoms with Crippen LogP contribution in [0.5, 0.6) is 0 Å². The Morgan fingerprint density at radius 3 is 2.76 bits per heavy atom. The van der Waals surface area contributed by atoms with Crippen molar-refractivity contribution in [2.75, 3.05) is 25.4 Å². The molecule has 0 bridgehead atoms. The van der Waals surface area contributed by atoms with E-state index in [4.69, 9.17) is 10.5 Å². The van der Waals surface area contributed by atoms with Crippen LogP contribution in [-0.4, -0.2) is 41.5 Å². The highest BCUT2D eigenvalue weighted by Gasteiger charge is 2.26. The van der Waals surface area contributed by atoms with E-state index in [0.29, 0.717) is 26.1 Å². The van der Waals surface area contributed by atoms with Gasteiger partial charge in [0.05, 0.1) is 17.6 Å². The molecule has 2 aromatic carbocycles. The molecule has 25 heavy (non-hydrogen) atoms. The van der Waals surface area contributed by atoms with E-state index >= 15 is 0 Å². The standard InChI is InChI=1S/C18H19N3O4/c19-16-7-6-14(11-17(16)21(23)24)18(22)20-8-9-25-15(12-20)10-13-4-2-1-3-5-13/h1-7,11,15H,8-10,12,19H2/t15-/m1/s1. The molecule has 7 nitrogen and oxygen atoms in total. The summed E-state index contributed by atoms with van der Waals surface area (Å²) in [6.07, 6.45) is 0.621. The summed E-state index contributed by atoms with van der Waals surface area (Å²) in [4.78, 5) is 24.8. The first kappa shape index (κ1) is 16.9. The lowest BCUT2D eigenvalue weighted by Crippen LogP contribution is -2.46. The van der Waals surface area contributed by atoms with Gasteiger partial charge in [-0.2, -0.15) is 0 Å². The molecule has 1 amide bonds. The van der Waals surface area contributed by atoms with Gasteiger partial charge in [0.25, 0.3) is 11.6 Å². The van der Waals surface area contributed by atoms with Crippen LogP contribution < -0.4 is 5.73 Å². The molecule has 1 fully saturated rings. The average molecular weight is 341 g/mol. The smallest absolute Gasteiger partial charge is 0.292 e. The number of hydrogen-bond acceptors (Lipinski definition) is 5. The monoisotopic (exact) mass is 341 g/mol. The summed E-state index contributed by atoms with van der Waals surface area (Å²) in [5.41, 5.74) is 6.80. The van der Waals surface area contributed by atoms with E-state index < -0.39 is 4.92 Å². The van der Waals surface area contributed by atoms with Gasteiger partial charge < -0.3 is 15.4 Å². The zero-order valence-electron chi connectivity index (χ0n) is 13.6. The molecule has 0 saturated carbocycles. The summed E-state index contributed by atoms with van der Waals surface area (Å²) in [6.45, 7) is 1.36. The number of carbonyl (C=O) groups is 1. The number of anilines is 1. The molecule has 3 rings (SSSR count). The minimum Gasteiger partial charge on any atom is -0.393 e.